The average molecular weight is 797 g/mol. The minimum Gasteiger partial charge on any atom is -0.461 e. The Morgan fingerprint density at radius 3 is 1.04 bits per heavy atom. The largest absolute Gasteiger partial charge is 0.461 e. The quantitative estimate of drug-likeness (QED) is 0.0705. The molecule has 0 aromatic carbocycles. The van der Waals surface area contributed by atoms with Gasteiger partial charge in [0.15, 0.2) is 11.2 Å². The first-order chi connectivity index (χ1) is 25.4. The van der Waals surface area contributed by atoms with Crippen LogP contribution in [-0.4, -0.2) is 150 Å². The van der Waals surface area contributed by atoms with Crippen molar-refractivity contribution in [3.05, 3.63) is 0 Å². The molecule has 7 unspecified atom stereocenters. The molecule has 0 saturated carbocycles. The van der Waals surface area contributed by atoms with E-state index in [1.807, 2.05) is 90.0 Å². The maximum absolute atomic E-state index is 12.8. The number of hydrogen-bond donors (Lipinski definition) is 0. The van der Waals surface area contributed by atoms with Crippen LogP contribution in [0.4, 0.5) is 0 Å². The third kappa shape index (κ3) is 27.8. The number of hydrogen-bond acceptors (Lipinski definition) is 14. The Balaban J connectivity index is 5.17. The van der Waals surface area contributed by atoms with Crippen LogP contribution in [0.1, 0.15) is 118 Å². The molecule has 0 bridgehead atoms. The van der Waals surface area contributed by atoms with Crippen LogP contribution < -0.4 is 0 Å². The molecule has 0 saturated heterocycles. The maximum Gasteiger partial charge on any atom is 0.337 e. The van der Waals surface area contributed by atoms with E-state index >= 15 is 0 Å². The second kappa shape index (κ2) is 28.0. The van der Waals surface area contributed by atoms with E-state index in [4.69, 9.17) is 56.8 Å². The minimum atomic E-state index is -1.19. The van der Waals surface area contributed by atoms with Crippen molar-refractivity contribution >= 4 is 11.9 Å². The fourth-order valence-corrected chi connectivity index (χ4v) is 5.44. The Kier molecular flexibility index (Phi) is 27.3. The highest BCUT2D eigenvalue weighted by Crippen LogP contribution is 2.18. The molecule has 0 aliphatic rings. The van der Waals surface area contributed by atoms with Crippen LogP contribution in [0.15, 0.2) is 0 Å². The lowest BCUT2D eigenvalue weighted by molar-refractivity contribution is -0.183. The lowest BCUT2D eigenvalue weighted by atomic mass is 10.1. The lowest BCUT2D eigenvalue weighted by Gasteiger charge is -2.29. The lowest BCUT2D eigenvalue weighted by Crippen LogP contribution is -2.42. The van der Waals surface area contributed by atoms with Gasteiger partial charge in [0.1, 0.15) is 19.3 Å². The van der Waals surface area contributed by atoms with E-state index < -0.39 is 41.5 Å². The van der Waals surface area contributed by atoms with Crippen LogP contribution in [-0.2, 0) is 66.4 Å². The van der Waals surface area contributed by atoms with Gasteiger partial charge in [-0.1, -0.05) is 0 Å². The summed E-state index contributed by atoms with van der Waals surface area (Å²) in [6.07, 6.45) is -2.00. The highest BCUT2D eigenvalue weighted by molar-refractivity contribution is 5.79. The first-order valence-corrected chi connectivity index (χ1v) is 20.1. The monoisotopic (exact) mass is 797 g/mol. The Bertz CT molecular complexity index is 946. The molecule has 0 spiro atoms. The van der Waals surface area contributed by atoms with Gasteiger partial charge < -0.3 is 56.8 Å². The van der Waals surface area contributed by atoms with Crippen LogP contribution in [0.5, 0.6) is 0 Å². The van der Waals surface area contributed by atoms with Gasteiger partial charge in [0.2, 0.25) is 0 Å². The van der Waals surface area contributed by atoms with E-state index in [-0.39, 0.29) is 95.1 Å². The number of rotatable bonds is 33. The van der Waals surface area contributed by atoms with Crippen molar-refractivity contribution in [3.63, 3.8) is 0 Å². The van der Waals surface area contributed by atoms with E-state index in [0.29, 0.717) is 13.2 Å². The zero-order valence-corrected chi connectivity index (χ0v) is 37.4. The molecular weight excluding hydrogens is 716 g/mol. The highest BCUT2D eigenvalue weighted by atomic mass is 16.6. The van der Waals surface area contributed by atoms with Gasteiger partial charge in [-0.15, -0.1) is 0 Å². The Morgan fingerprint density at radius 1 is 0.382 bits per heavy atom. The van der Waals surface area contributed by atoms with Gasteiger partial charge in [-0.3, -0.25) is 0 Å². The van der Waals surface area contributed by atoms with Crippen LogP contribution in [0.3, 0.4) is 0 Å². The summed E-state index contributed by atoms with van der Waals surface area (Å²) >= 11 is 0. The predicted molar refractivity (Wildman–Crippen MR) is 210 cm³/mol. The van der Waals surface area contributed by atoms with Gasteiger partial charge in [0.05, 0.1) is 107 Å². The third-order valence-electron chi connectivity index (χ3n) is 7.44. The molecule has 0 aliphatic carbocycles. The molecule has 0 aromatic heterocycles. The number of carbonyl (C=O) groups excluding carboxylic acids is 2. The van der Waals surface area contributed by atoms with Crippen LogP contribution in [0, 0.1) is 0 Å². The van der Waals surface area contributed by atoms with Crippen molar-refractivity contribution in [3.8, 4) is 0 Å². The second-order valence-electron chi connectivity index (χ2n) is 16.4. The van der Waals surface area contributed by atoms with Crippen molar-refractivity contribution in [1.82, 2.24) is 0 Å². The first kappa shape index (κ1) is 53.5. The molecule has 7 atom stereocenters. The van der Waals surface area contributed by atoms with Gasteiger partial charge in [-0.2, -0.15) is 0 Å². The van der Waals surface area contributed by atoms with E-state index in [9.17, 15) is 9.59 Å². The molecule has 0 heterocycles. The standard InChI is InChI=1S/C41H80O14/c1-27(2)50-30(7)18-44-19-31(8)53-34(11)22-47-37(25-45-20-35(12)54-40(14,15)38(42)48-23-32(9)51-28(3)4)26-46-21-36(13)55-41(16,17)39(43)49-24-33(10)52-29(5)6/h27-37H,18-26H2,1-17H3. The summed E-state index contributed by atoms with van der Waals surface area (Å²) in [4.78, 5) is 25.5. The smallest absolute Gasteiger partial charge is 0.337 e. The normalized spacial score (nSPS) is 17.2. The summed E-state index contributed by atoms with van der Waals surface area (Å²) in [5.74, 6) is -0.967. The molecule has 0 N–H and O–H groups in total. The molecule has 0 amide bonds. The van der Waals surface area contributed by atoms with Gasteiger partial charge >= 0.3 is 11.9 Å². The van der Waals surface area contributed by atoms with Crippen molar-refractivity contribution < 1.29 is 66.4 Å². The Labute approximate surface area is 333 Å². The van der Waals surface area contributed by atoms with Crippen molar-refractivity contribution in [2.75, 3.05) is 59.5 Å². The van der Waals surface area contributed by atoms with E-state index in [2.05, 4.69) is 0 Å². The zero-order valence-electron chi connectivity index (χ0n) is 37.4. The summed E-state index contributed by atoms with van der Waals surface area (Å²) in [5, 5.41) is 0. The second-order valence-corrected chi connectivity index (χ2v) is 16.4. The van der Waals surface area contributed by atoms with Crippen LogP contribution in [0.25, 0.3) is 0 Å². The molecule has 0 aliphatic heterocycles. The fourth-order valence-electron chi connectivity index (χ4n) is 5.44. The Morgan fingerprint density at radius 2 is 0.673 bits per heavy atom. The van der Waals surface area contributed by atoms with Crippen molar-refractivity contribution in [2.45, 2.75) is 196 Å². The van der Waals surface area contributed by atoms with E-state index in [1.54, 1.807) is 27.7 Å². The molecule has 0 rings (SSSR count). The molecule has 328 valence electrons. The average Bonchev–Trinajstić information content (AvgIpc) is 3.03. The summed E-state index contributed by atoms with van der Waals surface area (Å²) in [7, 11) is 0. The minimum absolute atomic E-state index is 0.00769. The summed E-state index contributed by atoms with van der Waals surface area (Å²) in [5.41, 5.74) is -2.38. The van der Waals surface area contributed by atoms with Gasteiger partial charge in [-0.05, 0) is 118 Å². The van der Waals surface area contributed by atoms with Gasteiger partial charge in [0, 0.05) is 0 Å². The van der Waals surface area contributed by atoms with Crippen LogP contribution in [0.2, 0.25) is 0 Å². The topological polar surface area (TPSA) is 145 Å². The predicted octanol–water partition coefficient (Wildman–Crippen LogP) is 6.11. The molecular formula is C41H80O14. The highest BCUT2D eigenvalue weighted by Gasteiger charge is 2.34. The molecule has 0 radical (unpaired) electrons. The molecule has 0 aromatic rings. The van der Waals surface area contributed by atoms with E-state index in [1.165, 1.54) is 0 Å². The first-order valence-electron chi connectivity index (χ1n) is 20.1. The van der Waals surface area contributed by atoms with Crippen molar-refractivity contribution in [2.24, 2.45) is 0 Å². The van der Waals surface area contributed by atoms with E-state index in [0.717, 1.165) is 0 Å². The number of esters is 2. The maximum atomic E-state index is 12.8. The number of ether oxygens (including phenoxy) is 12. The summed E-state index contributed by atoms with van der Waals surface area (Å²) in [6, 6.07) is 0. The Hall–Kier alpha value is -1.46. The molecule has 0 fully saturated rings. The fraction of sp³-hybridized carbons (Fsp3) is 0.951. The van der Waals surface area contributed by atoms with Gasteiger partial charge in [-0.25, -0.2) is 9.59 Å². The SMILES string of the molecule is CC(C)OC(C)COCC(C)OC(C)COC(COCC(C)OC(C)(C)C(=O)OCC(C)OC(C)C)COCC(C)OC(C)(C)C(=O)OCC(C)OC(C)C. The van der Waals surface area contributed by atoms with Crippen molar-refractivity contribution in [1.29, 1.82) is 0 Å². The third-order valence-corrected chi connectivity index (χ3v) is 7.44. The van der Waals surface area contributed by atoms with Gasteiger partial charge in [0.25, 0.3) is 0 Å². The molecule has 14 nitrogen and oxygen atoms in total. The zero-order chi connectivity index (χ0) is 42.4. The molecule has 55 heavy (non-hydrogen) atoms. The van der Waals surface area contributed by atoms with Crippen LogP contribution >= 0.6 is 0 Å². The summed E-state index contributed by atoms with van der Waals surface area (Å²) in [6.45, 7) is 33.8. The molecule has 14 heteroatoms. The number of carbonyl (C=O) groups is 2. The summed E-state index contributed by atoms with van der Waals surface area (Å²) < 4.78 is 70.0.